The number of rotatable bonds is 10. The Bertz CT molecular complexity index is 1880. The number of aryl methyl sites for hydroxylation is 2. The van der Waals surface area contributed by atoms with Gasteiger partial charge in [0.25, 0.3) is 0 Å². The zero-order valence-electron chi connectivity index (χ0n) is 27.1. The van der Waals surface area contributed by atoms with Crippen LogP contribution < -0.4 is 10.6 Å². The van der Waals surface area contributed by atoms with E-state index >= 15 is 0 Å². The summed E-state index contributed by atoms with van der Waals surface area (Å²) in [6.45, 7) is 9.36. The van der Waals surface area contributed by atoms with Crippen LogP contribution in [0.1, 0.15) is 79.9 Å². The Labute approximate surface area is 276 Å². The van der Waals surface area contributed by atoms with E-state index in [0.717, 1.165) is 80.5 Å². The van der Waals surface area contributed by atoms with Crippen molar-refractivity contribution in [2.24, 2.45) is 5.41 Å². The Morgan fingerprint density at radius 2 is 1.87 bits per heavy atom. The van der Waals surface area contributed by atoms with Gasteiger partial charge in [0.1, 0.15) is 28.2 Å². The van der Waals surface area contributed by atoms with Crippen molar-refractivity contribution >= 4 is 44.2 Å². The minimum absolute atomic E-state index is 0.0293. The molecule has 4 aliphatic rings. The van der Waals surface area contributed by atoms with E-state index in [1.54, 1.807) is 6.07 Å². The van der Waals surface area contributed by atoms with E-state index in [1.165, 1.54) is 11.1 Å². The third-order valence-electron chi connectivity index (χ3n) is 10.4. The van der Waals surface area contributed by atoms with Crippen LogP contribution in [0.5, 0.6) is 0 Å². The highest BCUT2D eigenvalue weighted by Gasteiger charge is 2.68. The first-order chi connectivity index (χ1) is 22.4. The zero-order chi connectivity index (χ0) is 33.1. The van der Waals surface area contributed by atoms with Gasteiger partial charge in [0.2, 0.25) is 5.91 Å². The molecule has 0 atom stereocenters. The van der Waals surface area contributed by atoms with Crippen molar-refractivity contribution in [2.45, 2.75) is 103 Å². The van der Waals surface area contributed by atoms with Crippen LogP contribution in [0.15, 0.2) is 24.3 Å². The zero-order valence-corrected chi connectivity index (χ0v) is 27.9. The van der Waals surface area contributed by atoms with Crippen LogP contribution >= 0.6 is 11.3 Å². The number of aromatic nitrogens is 3. The van der Waals surface area contributed by atoms with E-state index in [9.17, 15) is 23.2 Å². The van der Waals surface area contributed by atoms with Gasteiger partial charge in [-0.1, -0.05) is 19.9 Å². The van der Waals surface area contributed by atoms with Gasteiger partial charge in [0.05, 0.1) is 11.8 Å². The third kappa shape index (κ3) is 6.08. The molecule has 8 nitrogen and oxygen atoms in total. The van der Waals surface area contributed by atoms with Crippen LogP contribution in [0.3, 0.4) is 0 Å². The van der Waals surface area contributed by atoms with Gasteiger partial charge in [-0.25, -0.2) is 9.97 Å². The molecule has 12 heteroatoms. The molecule has 4 aromatic rings. The Morgan fingerprint density at radius 1 is 1.13 bits per heavy atom. The number of nitriles is 1. The van der Waals surface area contributed by atoms with Crippen LogP contribution in [-0.4, -0.2) is 56.2 Å². The monoisotopic (exact) mass is 663 g/mol. The summed E-state index contributed by atoms with van der Waals surface area (Å²) in [5.74, 6) is 1.38. The maximum Gasteiger partial charge on any atom is 0.393 e. The smallest absolute Gasteiger partial charge is 0.367 e. The molecule has 8 rings (SSSR count). The number of nitrogens with one attached hydrogen (secondary N) is 2. The van der Waals surface area contributed by atoms with Crippen molar-refractivity contribution in [1.82, 2.24) is 24.8 Å². The van der Waals surface area contributed by atoms with E-state index in [0.29, 0.717) is 40.4 Å². The number of carbonyl (C=O) groups is 1. The summed E-state index contributed by atoms with van der Waals surface area (Å²) in [6.07, 6.45) is 0.621. The lowest BCUT2D eigenvalue weighted by Gasteiger charge is -2.70. The number of hydrogen-bond acceptors (Lipinski definition) is 7. The van der Waals surface area contributed by atoms with E-state index in [2.05, 4.69) is 55.2 Å². The van der Waals surface area contributed by atoms with Crippen molar-refractivity contribution in [3.8, 4) is 6.07 Å². The second-order valence-electron chi connectivity index (χ2n) is 14.0. The maximum atomic E-state index is 13.1. The number of likely N-dealkylation sites (tertiary alicyclic amines) is 1. The second kappa shape index (κ2) is 11.8. The normalized spacial score (nSPS) is 23.0. The minimum Gasteiger partial charge on any atom is -0.367 e. The van der Waals surface area contributed by atoms with E-state index < -0.39 is 12.6 Å². The predicted molar refractivity (Wildman–Crippen MR) is 177 cm³/mol. The van der Waals surface area contributed by atoms with Gasteiger partial charge in [-0.2, -0.15) is 18.4 Å². The van der Waals surface area contributed by atoms with Crippen LogP contribution in [0, 0.1) is 23.7 Å². The van der Waals surface area contributed by atoms with E-state index in [-0.39, 0.29) is 27.8 Å². The lowest BCUT2D eigenvalue weighted by atomic mass is 9.39. The van der Waals surface area contributed by atoms with Gasteiger partial charge >= 0.3 is 6.18 Å². The lowest BCUT2D eigenvalue weighted by Crippen LogP contribution is -2.75. The van der Waals surface area contributed by atoms with Crippen LogP contribution in [0.4, 0.5) is 19.0 Å². The van der Waals surface area contributed by atoms with Crippen LogP contribution in [0.25, 0.3) is 21.1 Å². The number of thiophene rings is 1. The van der Waals surface area contributed by atoms with Gasteiger partial charge < -0.3 is 15.2 Å². The number of nitrogens with zero attached hydrogens (tertiary/aromatic N) is 5. The summed E-state index contributed by atoms with van der Waals surface area (Å²) in [4.78, 5) is 24.4. The highest BCUT2D eigenvalue weighted by molar-refractivity contribution is 7.18. The molecule has 1 amide bonds. The second-order valence-corrected chi connectivity index (χ2v) is 15.1. The van der Waals surface area contributed by atoms with Gasteiger partial charge in [-0.05, 0) is 73.8 Å². The molecule has 1 aromatic carbocycles. The molecule has 3 aliphatic carbocycles. The van der Waals surface area contributed by atoms with Crippen LogP contribution in [-0.2, 0) is 30.7 Å². The average molecular weight is 664 g/mol. The Morgan fingerprint density at radius 3 is 2.53 bits per heavy atom. The number of halogens is 3. The molecule has 0 unspecified atom stereocenters. The first-order valence-corrected chi connectivity index (χ1v) is 17.4. The molecular formula is C35H40F3N7OS. The molecular weight excluding hydrogens is 623 g/mol. The molecule has 0 spiro atoms. The topological polar surface area (TPSA) is 98.9 Å². The Kier molecular flexibility index (Phi) is 7.99. The summed E-state index contributed by atoms with van der Waals surface area (Å²) in [6, 6.07) is 10.6. The number of amides is 1. The van der Waals surface area contributed by atoms with Crippen molar-refractivity contribution in [3.63, 3.8) is 0 Å². The molecule has 4 fully saturated rings. The standard InChI is InChI=1S/C35H40F3N7OS/c1-4-29-41-31(27-13-25(14-35(36,37)38)47-32(27)42-29)40-23-8-10-44(11-9-23)16-22-6-7-28-26(21(22)3)12-24(15-39)45(28)20-33-17-34(18-33,19-33)43-30(46)5-2/h6-7,12-13,23H,4-5,8-11,14,16-20H2,1-3H3,(H,43,46)(H,40,41,42). The molecule has 1 saturated heterocycles. The van der Waals surface area contributed by atoms with Gasteiger partial charge in [-0.15, -0.1) is 11.3 Å². The molecule has 1 aliphatic heterocycles. The minimum atomic E-state index is -4.26. The number of hydrogen-bond donors (Lipinski definition) is 2. The fraction of sp³-hybridized carbons (Fsp3) is 0.543. The summed E-state index contributed by atoms with van der Waals surface area (Å²) in [5, 5.41) is 18.6. The number of alkyl halides is 3. The van der Waals surface area contributed by atoms with Crippen molar-refractivity contribution in [2.75, 3.05) is 18.4 Å². The van der Waals surface area contributed by atoms with Crippen molar-refractivity contribution in [1.29, 1.82) is 5.26 Å². The first-order valence-electron chi connectivity index (χ1n) is 16.6. The third-order valence-corrected chi connectivity index (χ3v) is 11.5. The Hall–Kier alpha value is -3.69. The quantitative estimate of drug-likeness (QED) is 0.189. The van der Waals surface area contributed by atoms with Gasteiger partial charge in [0.15, 0.2) is 0 Å². The molecule has 47 heavy (non-hydrogen) atoms. The molecule has 3 aromatic heterocycles. The van der Waals surface area contributed by atoms with Gasteiger partial charge in [-0.3, -0.25) is 9.69 Å². The first kappa shape index (κ1) is 31.9. The molecule has 248 valence electrons. The van der Waals surface area contributed by atoms with Crippen molar-refractivity contribution in [3.05, 3.63) is 51.8 Å². The average Bonchev–Trinajstić information content (AvgIpc) is 3.57. The van der Waals surface area contributed by atoms with Crippen molar-refractivity contribution < 1.29 is 18.0 Å². The maximum absolute atomic E-state index is 13.1. The summed E-state index contributed by atoms with van der Waals surface area (Å²) >= 11 is 1.10. The number of fused-ring (bicyclic) bond motifs is 2. The summed E-state index contributed by atoms with van der Waals surface area (Å²) in [7, 11) is 0. The highest BCUT2D eigenvalue weighted by atomic mass is 32.1. The van der Waals surface area contributed by atoms with Gasteiger partial charge in [0, 0.05) is 66.4 Å². The largest absolute Gasteiger partial charge is 0.393 e. The number of carbonyl (C=O) groups excluding carboxylic acids is 1. The molecule has 2 bridgehead atoms. The lowest BCUT2D eigenvalue weighted by molar-refractivity contribution is -0.171. The number of benzene rings is 1. The fourth-order valence-corrected chi connectivity index (χ4v) is 9.29. The van der Waals surface area contributed by atoms with Crippen LogP contribution in [0.2, 0.25) is 0 Å². The molecule has 4 heterocycles. The predicted octanol–water partition coefficient (Wildman–Crippen LogP) is 7.02. The SMILES string of the molecule is CCC(=O)NC12CC(Cn3c(C#N)cc4c(C)c(CN5CCC(Nc6nc(CC)nc7sc(CC(F)(F)F)cc67)CC5)ccc43)(C1)C2. The van der Waals surface area contributed by atoms with E-state index in [1.807, 2.05) is 19.9 Å². The molecule has 3 saturated carbocycles. The molecule has 2 N–H and O–H groups in total. The Balaban J connectivity index is 1.00. The highest BCUT2D eigenvalue weighted by Crippen LogP contribution is 2.68. The molecule has 0 radical (unpaired) electrons. The summed E-state index contributed by atoms with van der Waals surface area (Å²) in [5.41, 5.74) is 4.36. The fourth-order valence-electron chi connectivity index (χ4n) is 8.21. The number of anilines is 1. The summed E-state index contributed by atoms with van der Waals surface area (Å²) < 4.78 is 41.4. The van der Waals surface area contributed by atoms with E-state index in [4.69, 9.17) is 0 Å². The number of piperidine rings is 1.